The number of hydrazine groups is 2. The standard InChI is InChI=1S/C12H8N4O6/c17-7-5-6(12(22)13-7)16(14-8(18)1-2-9(14)19)15-10(20)3-4-11(15)21/h1-4,6H,5H2,(H,13,17,22)/t6-/m0/s1. The molecule has 10 heteroatoms. The van der Waals surface area contributed by atoms with E-state index < -0.39 is 47.9 Å². The Hall–Kier alpha value is -3.14. The van der Waals surface area contributed by atoms with Crippen LogP contribution in [0.15, 0.2) is 24.3 Å². The number of amides is 6. The average molecular weight is 304 g/mol. The SMILES string of the molecule is O=C1C[C@H](N(N2C(=O)C=CC2=O)N2C(=O)C=CC2=O)C(=O)N1. The van der Waals surface area contributed by atoms with Gasteiger partial charge in [0.25, 0.3) is 23.6 Å². The van der Waals surface area contributed by atoms with E-state index in [1.807, 2.05) is 5.32 Å². The first kappa shape index (κ1) is 13.8. The summed E-state index contributed by atoms with van der Waals surface area (Å²) in [7, 11) is 0. The Morgan fingerprint density at radius 2 is 1.23 bits per heavy atom. The molecule has 0 aromatic rings. The molecule has 0 saturated carbocycles. The third kappa shape index (κ3) is 1.93. The minimum atomic E-state index is -1.35. The number of hydrogen-bond acceptors (Lipinski definition) is 7. The Bertz CT molecular complexity index is 630. The molecule has 0 aromatic carbocycles. The maximum Gasteiger partial charge on any atom is 0.269 e. The summed E-state index contributed by atoms with van der Waals surface area (Å²) in [5.41, 5.74) is 0. The molecule has 22 heavy (non-hydrogen) atoms. The van der Waals surface area contributed by atoms with E-state index in [-0.39, 0.29) is 0 Å². The normalized spacial score (nSPS) is 24.5. The molecule has 112 valence electrons. The molecule has 0 aliphatic carbocycles. The van der Waals surface area contributed by atoms with Gasteiger partial charge in [0.1, 0.15) is 6.04 Å². The molecule has 3 heterocycles. The van der Waals surface area contributed by atoms with Gasteiger partial charge in [0.15, 0.2) is 0 Å². The molecule has 0 aromatic heterocycles. The van der Waals surface area contributed by atoms with Gasteiger partial charge in [-0.2, -0.15) is 10.0 Å². The van der Waals surface area contributed by atoms with Gasteiger partial charge in [-0.15, -0.1) is 0 Å². The molecule has 1 fully saturated rings. The zero-order chi connectivity index (χ0) is 16.0. The van der Waals surface area contributed by atoms with Crippen molar-refractivity contribution in [3.63, 3.8) is 0 Å². The lowest BCUT2D eigenvalue weighted by atomic mass is 10.2. The van der Waals surface area contributed by atoms with E-state index in [2.05, 4.69) is 0 Å². The van der Waals surface area contributed by atoms with Crippen molar-refractivity contribution >= 4 is 35.4 Å². The first-order valence-corrected chi connectivity index (χ1v) is 6.15. The molecule has 0 unspecified atom stereocenters. The van der Waals surface area contributed by atoms with E-state index in [0.717, 1.165) is 24.3 Å². The quantitative estimate of drug-likeness (QED) is 0.566. The maximum absolute atomic E-state index is 11.9. The van der Waals surface area contributed by atoms with Crippen LogP contribution in [-0.4, -0.2) is 56.6 Å². The fourth-order valence-corrected chi connectivity index (χ4v) is 2.28. The van der Waals surface area contributed by atoms with E-state index >= 15 is 0 Å². The number of hydrogen-bond donors (Lipinski definition) is 1. The van der Waals surface area contributed by atoms with Gasteiger partial charge < -0.3 is 0 Å². The summed E-state index contributed by atoms with van der Waals surface area (Å²) >= 11 is 0. The number of carbonyl (C=O) groups is 6. The van der Waals surface area contributed by atoms with Crippen molar-refractivity contribution < 1.29 is 28.8 Å². The Balaban J connectivity index is 2.03. The van der Waals surface area contributed by atoms with Crippen molar-refractivity contribution in [3.05, 3.63) is 24.3 Å². The summed E-state index contributed by atoms with van der Waals surface area (Å²) in [6, 6.07) is -1.35. The summed E-state index contributed by atoms with van der Waals surface area (Å²) < 4.78 is 0. The lowest BCUT2D eigenvalue weighted by Crippen LogP contribution is -2.63. The predicted octanol–water partition coefficient (Wildman–Crippen LogP) is -2.62. The first-order valence-electron chi connectivity index (χ1n) is 6.15. The Morgan fingerprint density at radius 1 is 0.818 bits per heavy atom. The van der Waals surface area contributed by atoms with Gasteiger partial charge >= 0.3 is 0 Å². The van der Waals surface area contributed by atoms with Crippen LogP contribution >= 0.6 is 0 Å². The van der Waals surface area contributed by atoms with Crippen molar-refractivity contribution in [2.24, 2.45) is 0 Å². The van der Waals surface area contributed by atoms with Gasteiger partial charge in [-0.1, -0.05) is 5.12 Å². The van der Waals surface area contributed by atoms with Gasteiger partial charge in [0.05, 0.1) is 6.42 Å². The lowest BCUT2D eigenvalue weighted by molar-refractivity contribution is -0.204. The van der Waals surface area contributed by atoms with Crippen LogP contribution in [0.2, 0.25) is 0 Å². The molecule has 6 amide bonds. The van der Waals surface area contributed by atoms with E-state index in [4.69, 9.17) is 0 Å². The molecular weight excluding hydrogens is 296 g/mol. The number of nitrogens with zero attached hydrogens (tertiary/aromatic N) is 3. The van der Waals surface area contributed by atoms with Crippen LogP contribution in [0, 0.1) is 0 Å². The highest BCUT2D eigenvalue weighted by Crippen LogP contribution is 2.23. The highest BCUT2D eigenvalue weighted by molar-refractivity contribution is 6.16. The van der Waals surface area contributed by atoms with Crippen LogP contribution in [0.25, 0.3) is 0 Å². The van der Waals surface area contributed by atoms with Gasteiger partial charge in [-0.3, -0.25) is 34.1 Å². The van der Waals surface area contributed by atoms with Crippen molar-refractivity contribution in [1.82, 2.24) is 20.5 Å². The van der Waals surface area contributed by atoms with Crippen molar-refractivity contribution in [2.75, 3.05) is 0 Å². The molecule has 0 radical (unpaired) electrons. The molecule has 0 bridgehead atoms. The van der Waals surface area contributed by atoms with Crippen LogP contribution < -0.4 is 5.32 Å². The van der Waals surface area contributed by atoms with E-state index in [1.54, 1.807) is 0 Å². The minimum Gasteiger partial charge on any atom is -0.295 e. The molecule has 3 aliphatic rings. The topological polar surface area (TPSA) is 124 Å². The Labute approximate surface area is 122 Å². The largest absolute Gasteiger partial charge is 0.295 e. The van der Waals surface area contributed by atoms with Crippen LogP contribution in [0.1, 0.15) is 6.42 Å². The smallest absolute Gasteiger partial charge is 0.269 e. The predicted molar refractivity (Wildman–Crippen MR) is 65.4 cm³/mol. The van der Waals surface area contributed by atoms with Crippen molar-refractivity contribution in [3.8, 4) is 0 Å². The molecule has 0 spiro atoms. The van der Waals surface area contributed by atoms with Crippen LogP contribution in [0.3, 0.4) is 0 Å². The van der Waals surface area contributed by atoms with Crippen LogP contribution in [0.5, 0.6) is 0 Å². The lowest BCUT2D eigenvalue weighted by Gasteiger charge is -2.37. The highest BCUT2D eigenvalue weighted by Gasteiger charge is 2.49. The van der Waals surface area contributed by atoms with E-state index in [0.29, 0.717) is 15.1 Å². The van der Waals surface area contributed by atoms with Gasteiger partial charge in [-0.05, 0) is 0 Å². The first-order chi connectivity index (χ1) is 10.4. The van der Waals surface area contributed by atoms with Crippen molar-refractivity contribution in [2.45, 2.75) is 12.5 Å². The number of carbonyl (C=O) groups excluding carboxylic acids is 6. The van der Waals surface area contributed by atoms with Gasteiger partial charge in [0.2, 0.25) is 11.8 Å². The summed E-state index contributed by atoms with van der Waals surface area (Å²) in [6.45, 7) is 0. The number of nitrogens with one attached hydrogen (secondary N) is 1. The molecule has 1 N–H and O–H groups in total. The zero-order valence-electron chi connectivity index (χ0n) is 10.9. The summed E-state index contributed by atoms with van der Waals surface area (Å²) in [5, 5.41) is 3.58. The van der Waals surface area contributed by atoms with Crippen LogP contribution in [-0.2, 0) is 28.8 Å². The Morgan fingerprint density at radius 3 is 1.55 bits per heavy atom. The molecule has 1 saturated heterocycles. The number of imide groups is 3. The Kier molecular flexibility index (Phi) is 2.95. The van der Waals surface area contributed by atoms with Gasteiger partial charge in [0, 0.05) is 24.3 Å². The molecule has 1 atom stereocenters. The third-order valence-corrected chi connectivity index (χ3v) is 3.20. The minimum absolute atomic E-state index is 0.396. The second-order valence-corrected chi connectivity index (χ2v) is 4.60. The monoisotopic (exact) mass is 304 g/mol. The maximum atomic E-state index is 11.9. The molecular formula is C12H8N4O6. The van der Waals surface area contributed by atoms with Crippen LogP contribution in [0.4, 0.5) is 0 Å². The molecule has 10 nitrogen and oxygen atoms in total. The zero-order valence-corrected chi connectivity index (χ0v) is 10.9. The van der Waals surface area contributed by atoms with E-state index in [1.165, 1.54) is 0 Å². The fraction of sp³-hybridized carbons (Fsp3) is 0.167. The average Bonchev–Trinajstić information content (AvgIpc) is 3.06. The molecule has 3 rings (SSSR count). The van der Waals surface area contributed by atoms with Gasteiger partial charge in [-0.25, -0.2) is 0 Å². The number of rotatable bonds is 3. The summed E-state index contributed by atoms with van der Waals surface area (Å²) in [6.07, 6.45) is 3.34. The molecule has 3 aliphatic heterocycles. The van der Waals surface area contributed by atoms with E-state index in [9.17, 15) is 28.8 Å². The summed E-state index contributed by atoms with van der Waals surface area (Å²) in [5.74, 6) is -4.77. The third-order valence-electron chi connectivity index (χ3n) is 3.20. The second kappa shape index (κ2) is 4.70. The highest BCUT2D eigenvalue weighted by atomic mass is 16.2. The van der Waals surface area contributed by atoms with Crippen molar-refractivity contribution in [1.29, 1.82) is 0 Å². The fourth-order valence-electron chi connectivity index (χ4n) is 2.28. The summed E-state index contributed by atoms with van der Waals surface area (Å²) in [4.78, 5) is 70.5. The second-order valence-electron chi connectivity index (χ2n) is 4.60.